The summed E-state index contributed by atoms with van der Waals surface area (Å²) in [6.07, 6.45) is 4.80. The molecule has 1 aromatic rings. The number of ether oxygens (including phenoxy) is 2. The summed E-state index contributed by atoms with van der Waals surface area (Å²) in [4.78, 5) is 10.6. The van der Waals surface area contributed by atoms with Gasteiger partial charge in [0.25, 0.3) is 0 Å². The van der Waals surface area contributed by atoms with Gasteiger partial charge in [-0.05, 0) is 35.8 Å². The van der Waals surface area contributed by atoms with Crippen molar-refractivity contribution in [1.29, 1.82) is 0 Å². The van der Waals surface area contributed by atoms with Crippen molar-refractivity contribution >= 4 is 12.0 Å². The minimum atomic E-state index is -0.964. The van der Waals surface area contributed by atoms with Crippen LogP contribution in [0.3, 0.4) is 0 Å². The highest BCUT2D eigenvalue weighted by Crippen LogP contribution is 2.20. The van der Waals surface area contributed by atoms with Crippen molar-refractivity contribution in [2.75, 3.05) is 13.7 Å². The summed E-state index contributed by atoms with van der Waals surface area (Å²) in [5.41, 5.74) is 1.76. The van der Waals surface area contributed by atoms with Gasteiger partial charge < -0.3 is 14.6 Å². The molecule has 19 heavy (non-hydrogen) atoms. The number of hydrogen-bond donors (Lipinski definition) is 1. The molecule has 0 amide bonds. The van der Waals surface area contributed by atoms with E-state index in [1.807, 2.05) is 12.1 Å². The van der Waals surface area contributed by atoms with E-state index in [4.69, 9.17) is 14.6 Å². The number of carboxylic acid groups (broad SMARTS) is 1. The summed E-state index contributed by atoms with van der Waals surface area (Å²) >= 11 is 0. The van der Waals surface area contributed by atoms with Crippen LogP contribution >= 0.6 is 0 Å². The molecule has 0 aliphatic carbocycles. The van der Waals surface area contributed by atoms with E-state index in [0.717, 1.165) is 35.8 Å². The van der Waals surface area contributed by atoms with Gasteiger partial charge in [-0.1, -0.05) is 19.4 Å². The van der Waals surface area contributed by atoms with Crippen LogP contribution in [0.25, 0.3) is 6.08 Å². The Morgan fingerprint density at radius 3 is 2.84 bits per heavy atom. The lowest BCUT2D eigenvalue weighted by molar-refractivity contribution is -0.131. The Morgan fingerprint density at radius 1 is 1.42 bits per heavy atom. The maximum atomic E-state index is 10.6. The summed E-state index contributed by atoms with van der Waals surface area (Å²) in [6, 6.07) is 5.50. The number of aliphatic carboxylic acids is 1. The Balaban J connectivity index is 2.80. The third kappa shape index (κ3) is 5.57. The molecular formula is C15H20O4. The second-order valence-corrected chi connectivity index (χ2v) is 4.14. The first-order valence-corrected chi connectivity index (χ1v) is 6.33. The van der Waals surface area contributed by atoms with Crippen LogP contribution in [-0.2, 0) is 16.1 Å². The van der Waals surface area contributed by atoms with E-state index in [2.05, 4.69) is 6.92 Å². The lowest BCUT2D eigenvalue weighted by Crippen LogP contribution is -1.98. The molecule has 0 saturated carbocycles. The molecule has 1 N–H and O–H groups in total. The highest BCUT2D eigenvalue weighted by Gasteiger charge is 2.03. The van der Waals surface area contributed by atoms with Gasteiger partial charge in [0.2, 0.25) is 0 Å². The topological polar surface area (TPSA) is 55.8 Å². The first kappa shape index (κ1) is 15.2. The van der Waals surface area contributed by atoms with Gasteiger partial charge >= 0.3 is 5.97 Å². The van der Waals surface area contributed by atoms with Crippen molar-refractivity contribution in [3.8, 4) is 5.75 Å². The zero-order valence-corrected chi connectivity index (χ0v) is 11.4. The number of rotatable bonds is 8. The van der Waals surface area contributed by atoms with Crippen molar-refractivity contribution in [2.24, 2.45) is 0 Å². The number of benzene rings is 1. The zero-order chi connectivity index (χ0) is 14.1. The van der Waals surface area contributed by atoms with Crippen molar-refractivity contribution in [3.63, 3.8) is 0 Å². The Labute approximate surface area is 113 Å². The van der Waals surface area contributed by atoms with Crippen molar-refractivity contribution in [1.82, 2.24) is 0 Å². The number of hydrogen-bond acceptors (Lipinski definition) is 3. The fraction of sp³-hybridized carbons (Fsp3) is 0.400. The first-order chi connectivity index (χ1) is 9.17. The summed E-state index contributed by atoms with van der Waals surface area (Å²) in [7, 11) is 1.60. The van der Waals surface area contributed by atoms with E-state index >= 15 is 0 Å². The SMILES string of the molecule is CCCCOCc1cc(OC)ccc1C=CC(=O)O. The molecule has 1 rings (SSSR count). The van der Waals surface area contributed by atoms with E-state index in [-0.39, 0.29) is 0 Å². The first-order valence-electron chi connectivity index (χ1n) is 6.33. The molecule has 0 spiro atoms. The van der Waals surface area contributed by atoms with Gasteiger partial charge in [-0.25, -0.2) is 4.79 Å². The molecule has 0 bridgehead atoms. The fourth-order valence-corrected chi connectivity index (χ4v) is 1.59. The standard InChI is InChI=1S/C15H20O4/c1-3-4-9-19-11-13-10-14(18-2)7-5-12(13)6-8-15(16)17/h5-8,10H,3-4,9,11H2,1-2H3,(H,16,17). The predicted octanol–water partition coefficient (Wildman–Crippen LogP) is 3.11. The summed E-state index contributed by atoms with van der Waals surface area (Å²) in [6.45, 7) is 3.27. The van der Waals surface area contributed by atoms with Crippen molar-refractivity contribution in [3.05, 3.63) is 35.4 Å². The summed E-state index contributed by atoms with van der Waals surface area (Å²) in [5, 5.41) is 8.67. The second kappa shape index (κ2) is 8.32. The summed E-state index contributed by atoms with van der Waals surface area (Å²) in [5.74, 6) is -0.227. The molecule has 4 nitrogen and oxygen atoms in total. The molecule has 4 heteroatoms. The number of unbranched alkanes of at least 4 members (excludes halogenated alkanes) is 1. The highest BCUT2D eigenvalue weighted by atomic mass is 16.5. The van der Waals surface area contributed by atoms with Crippen LogP contribution in [0.4, 0.5) is 0 Å². The highest BCUT2D eigenvalue weighted by molar-refractivity contribution is 5.85. The zero-order valence-electron chi connectivity index (χ0n) is 11.4. The van der Waals surface area contributed by atoms with Gasteiger partial charge in [-0.2, -0.15) is 0 Å². The molecule has 0 heterocycles. The van der Waals surface area contributed by atoms with Crippen LogP contribution in [-0.4, -0.2) is 24.8 Å². The molecule has 0 radical (unpaired) electrons. The predicted molar refractivity (Wildman–Crippen MR) is 74.2 cm³/mol. The molecule has 0 atom stereocenters. The number of carboxylic acids is 1. The van der Waals surface area contributed by atoms with Gasteiger partial charge in [-0.3, -0.25) is 0 Å². The van der Waals surface area contributed by atoms with E-state index in [0.29, 0.717) is 13.2 Å². The summed E-state index contributed by atoms with van der Waals surface area (Å²) < 4.78 is 10.7. The van der Waals surface area contributed by atoms with E-state index in [9.17, 15) is 4.79 Å². The molecule has 0 aromatic heterocycles. The molecule has 104 valence electrons. The normalized spacial score (nSPS) is 10.8. The van der Waals surface area contributed by atoms with Gasteiger partial charge in [0.15, 0.2) is 0 Å². The van der Waals surface area contributed by atoms with Crippen molar-refractivity contribution in [2.45, 2.75) is 26.4 Å². The Hall–Kier alpha value is -1.81. The lowest BCUT2D eigenvalue weighted by Gasteiger charge is -2.09. The molecule has 1 aromatic carbocycles. The molecular weight excluding hydrogens is 244 g/mol. The molecule has 0 aliphatic heterocycles. The van der Waals surface area contributed by atoms with E-state index in [1.165, 1.54) is 0 Å². The minimum Gasteiger partial charge on any atom is -0.497 e. The average molecular weight is 264 g/mol. The largest absolute Gasteiger partial charge is 0.497 e. The average Bonchev–Trinajstić information content (AvgIpc) is 2.41. The Bertz CT molecular complexity index is 438. The van der Waals surface area contributed by atoms with Gasteiger partial charge in [0.05, 0.1) is 13.7 Å². The van der Waals surface area contributed by atoms with Crippen LogP contribution in [0.2, 0.25) is 0 Å². The van der Waals surface area contributed by atoms with Gasteiger partial charge in [0.1, 0.15) is 5.75 Å². The molecule has 0 aliphatic rings. The van der Waals surface area contributed by atoms with Crippen LogP contribution in [0.15, 0.2) is 24.3 Å². The minimum absolute atomic E-state index is 0.455. The van der Waals surface area contributed by atoms with Crippen molar-refractivity contribution < 1.29 is 19.4 Å². The molecule has 0 saturated heterocycles. The van der Waals surface area contributed by atoms with Crippen LogP contribution < -0.4 is 4.74 Å². The van der Waals surface area contributed by atoms with E-state index < -0.39 is 5.97 Å². The fourth-order valence-electron chi connectivity index (χ4n) is 1.59. The number of carbonyl (C=O) groups is 1. The Morgan fingerprint density at radius 2 is 2.21 bits per heavy atom. The third-order valence-electron chi connectivity index (χ3n) is 2.66. The quantitative estimate of drug-likeness (QED) is 0.579. The van der Waals surface area contributed by atoms with Gasteiger partial charge in [-0.15, -0.1) is 0 Å². The third-order valence-corrected chi connectivity index (χ3v) is 2.66. The second-order valence-electron chi connectivity index (χ2n) is 4.14. The van der Waals surface area contributed by atoms with Crippen LogP contribution in [0.5, 0.6) is 5.75 Å². The van der Waals surface area contributed by atoms with Crippen LogP contribution in [0, 0.1) is 0 Å². The molecule has 0 unspecified atom stereocenters. The lowest BCUT2D eigenvalue weighted by atomic mass is 10.1. The van der Waals surface area contributed by atoms with Gasteiger partial charge in [0, 0.05) is 12.7 Å². The molecule has 0 fully saturated rings. The van der Waals surface area contributed by atoms with E-state index in [1.54, 1.807) is 19.3 Å². The smallest absolute Gasteiger partial charge is 0.328 e. The van der Waals surface area contributed by atoms with Crippen LogP contribution in [0.1, 0.15) is 30.9 Å². The number of methoxy groups -OCH3 is 1. The monoisotopic (exact) mass is 264 g/mol. The maximum absolute atomic E-state index is 10.6. The Kier molecular flexibility index (Phi) is 6.68. The maximum Gasteiger partial charge on any atom is 0.328 e.